The smallest absolute Gasteiger partial charge is 0.316 e. The predicted octanol–water partition coefficient (Wildman–Crippen LogP) is 2.62. The van der Waals surface area contributed by atoms with E-state index in [1.807, 2.05) is 0 Å². The summed E-state index contributed by atoms with van der Waals surface area (Å²) < 4.78 is 26.2. The number of hydrogen-bond acceptors (Lipinski definition) is 2. The van der Waals surface area contributed by atoms with E-state index < -0.39 is 6.55 Å². The lowest BCUT2D eigenvalue weighted by molar-refractivity contribution is 0.0670. The molecule has 0 unspecified atom stereocenters. The molecular weight excluding hydrogens is 248 g/mol. The highest BCUT2D eigenvalue weighted by Crippen LogP contribution is 2.42. The van der Waals surface area contributed by atoms with E-state index in [9.17, 15) is 8.78 Å². The van der Waals surface area contributed by atoms with Crippen molar-refractivity contribution < 1.29 is 8.78 Å². The zero-order valence-electron chi connectivity index (χ0n) is 10.8. The van der Waals surface area contributed by atoms with Gasteiger partial charge in [-0.15, -0.1) is 0 Å². The van der Waals surface area contributed by atoms with Crippen LogP contribution in [0.15, 0.2) is 24.5 Å². The molecule has 2 bridgehead atoms. The number of halogens is 2. The maximum atomic E-state index is 12.6. The van der Waals surface area contributed by atoms with E-state index in [0.29, 0.717) is 18.8 Å². The van der Waals surface area contributed by atoms with Gasteiger partial charge in [-0.3, -0.25) is 4.57 Å². The van der Waals surface area contributed by atoms with Gasteiger partial charge in [-0.2, -0.15) is 8.78 Å². The fourth-order valence-electron chi connectivity index (χ4n) is 3.33. The van der Waals surface area contributed by atoms with Gasteiger partial charge in [-0.1, -0.05) is 12.2 Å². The second-order valence-corrected chi connectivity index (χ2v) is 5.52. The Balaban J connectivity index is 1.41. The normalized spacial score (nSPS) is 28.7. The molecule has 19 heavy (non-hydrogen) atoms. The van der Waals surface area contributed by atoms with Gasteiger partial charge in [0.1, 0.15) is 5.82 Å². The van der Waals surface area contributed by atoms with Crippen molar-refractivity contribution in [3.8, 4) is 0 Å². The minimum absolute atomic E-state index is 0.454. The molecule has 1 aromatic rings. The van der Waals surface area contributed by atoms with Gasteiger partial charge in [0.25, 0.3) is 0 Å². The van der Waals surface area contributed by atoms with E-state index in [0.717, 1.165) is 28.9 Å². The molecule has 3 atom stereocenters. The number of aromatic nitrogens is 2. The summed E-state index contributed by atoms with van der Waals surface area (Å²) in [5, 5.41) is 3.38. The van der Waals surface area contributed by atoms with Crippen LogP contribution in [0.5, 0.6) is 0 Å². The van der Waals surface area contributed by atoms with E-state index >= 15 is 0 Å². The summed E-state index contributed by atoms with van der Waals surface area (Å²) >= 11 is 0. The molecule has 0 aromatic carbocycles. The Bertz CT molecular complexity index is 455. The molecular formula is C14H19F2N3. The van der Waals surface area contributed by atoms with Crippen molar-refractivity contribution in [3.05, 3.63) is 30.4 Å². The van der Waals surface area contributed by atoms with Crippen LogP contribution >= 0.6 is 0 Å². The van der Waals surface area contributed by atoms with Crippen LogP contribution in [0.1, 0.15) is 25.2 Å². The van der Waals surface area contributed by atoms with Crippen molar-refractivity contribution >= 4 is 0 Å². The molecule has 1 N–H and O–H groups in total. The SMILES string of the molecule is FC(F)n1ccnc1CCNC[C@@H]1C[C@H]2C=C[C@H]1C2. The number of alkyl halides is 2. The lowest BCUT2D eigenvalue weighted by atomic mass is 9.94. The Morgan fingerprint density at radius 3 is 2.95 bits per heavy atom. The molecule has 0 saturated heterocycles. The van der Waals surface area contributed by atoms with Gasteiger partial charge in [0, 0.05) is 25.4 Å². The summed E-state index contributed by atoms with van der Waals surface area (Å²) in [7, 11) is 0. The van der Waals surface area contributed by atoms with Gasteiger partial charge in [0.05, 0.1) is 0 Å². The fourth-order valence-corrected chi connectivity index (χ4v) is 3.33. The van der Waals surface area contributed by atoms with Crippen LogP contribution in [0.25, 0.3) is 0 Å². The summed E-state index contributed by atoms with van der Waals surface area (Å²) in [6.45, 7) is -0.796. The topological polar surface area (TPSA) is 29.9 Å². The van der Waals surface area contributed by atoms with E-state index in [2.05, 4.69) is 22.5 Å². The van der Waals surface area contributed by atoms with Crippen molar-refractivity contribution in [2.75, 3.05) is 13.1 Å². The molecule has 5 heteroatoms. The Labute approximate surface area is 111 Å². The monoisotopic (exact) mass is 267 g/mol. The molecule has 104 valence electrons. The molecule has 2 aliphatic rings. The van der Waals surface area contributed by atoms with E-state index in [1.165, 1.54) is 25.2 Å². The molecule has 3 rings (SSSR count). The number of nitrogens with one attached hydrogen (secondary N) is 1. The molecule has 0 aliphatic heterocycles. The lowest BCUT2D eigenvalue weighted by Crippen LogP contribution is -2.27. The first kappa shape index (κ1) is 12.8. The van der Waals surface area contributed by atoms with Crippen LogP contribution in [0.4, 0.5) is 8.78 Å². The van der Waals surface area contributed by atoms with Crippen LogP contribution in [-0.2, 0) is 6.42 Å². The first-order valence-corrected chi connectivity index (χ1v) is 6.93. The van der Waals surface area contributed by atoms with Gasteiger partial charge >= 0.3 is 6.55 Å². The zero-order valence-corrected chi connectivity index (χ0v) is 10.8. The third-order valence-corrected chi connectivity index (χ3v) is 4.31. The van der Waals surface area contributed by atoms with Crippen molar-refractivity contribution in [2.45, 2.75) is 25.8 Å². The van der Waals surface area contributed by atoms with E-state index in [4.69, 9.17) is 0 Å². The Morgan fingerprint density at radius 1 is 1.37 bits per heavy atom. The number of imidazole rings is 1. The third kappa shape index (κ3) is 2.71. The molecule has 2 aliphatic carbocycles. The fraction of sp³-hybridized carbons (Fsp3) is 0.643. The number of allylic oxidation sites excluding steroid dienone is 2. The predicted molar refractivity (Wildman–Crippen MR) is 68.9 cm³/mol. The van der Waals surface area contributed by atoms with Gasteiger partial charge < -0.3 is 5.32 Å². The highest BCUT2D eigenvalue weighted by Gasteiger charge is 2.34. The van der Waals surface area contributed by atoms with Gasteiger partial charge in [-0.25, -0.2) is 4.98 Å². The molecule has 0 amide bonds. The summed E-state index contributed by atoms with van der Waals surface area (Å²) in [6.07, 6.45) is 10.6. The molecule has 0 radical (unpaired) electrons. The third-order valence-electron chi connectivity index (χ3n) is 4.31. The second kappa shape index (κ2) is 5.41. The number of fused-ring (bicyclic) bond motifs is 2. The van der Waals surface area contributed by atoms with Crippen molar-refractivity contribution in [2.24, 2.45) is 17.8 Å². The Morgan fingerprint density at radius 2 is 2.26 bits per heavy atom. The second-order valence-electron chi connectivity index (χ2n) is 5.52. The Hall–Kier alpha value is -1.23. The zero-order chi connectivity index (χ0) is 13.2. The van der Waals surface area contributed by atoms with Crippen LogP contribution in [0, 0.1) is 17.8 Å². The minimum Gasteiger partial charge on any atom is -0.316 e. The average Bonchev–Trinajstić information content (AvgIpc) is 3.09. The van der Waals surface area contributed by atoms with Crippen LogP contribution < -0.4 is 5.32 Å². The lowest BCUT2D eigenvalue weighted by Gasteiger charge is -2.18. The van der Waals surface area contributed by atoms with Crippen LogP contribution in [-0.4, -0.2) is 22.6 Å². The Kier molecular flexibility index (Phi) is 3.64. The molecule has 1 fully saturated rings. The number of rotatable bonds is 6. The maximum absolute atomic E-state index is 12.6. The molecule has 0 spiro atoms. The number of nitrogens with zero attached hydrogens (tertiary/aromatic N) is 2. The standard InChI is InChI=1S/C14H19F2N3/c15-14(16)19-6-5-18-13(19)3-4-17-9-12-8-10-1-2-11(12)7-10/h1-2,5-6,10-12,14,17H,3-4,7-9H2/t10-,11-,12-/m0/s1. The summed E-state index contributed by atoms with van der Waals surface area (Å²) in [5.41, 5.74) is 0. The quantitative estimate of drug-likeness (QED) is 0.634. The van der Waals surface area contributed by atoms with E-state index in [1.54, 1.807) is 0 Å². The van der Waals surface area contributed by atoms with Crippen molar-refractivity contribution in [1.82, 2.24) is 14.9 Å². The number of hydrogen-bond donors (Lipinski definition) is 1. The highest BCUT2D eigenvalue weighted by atomic mass is 19.3. The van der Waals surface area contributed by atoms with Crippen LogP contribution in [0.2, 0.25) is 0 Å². The molecule has 1 heterocycles. The van der Waals surface area contributed by atoms with E-state index in [-0.39, 0.29) is 0 Å². The first-order valence-electron chi connectivity index (χ1n) is 6.93. The highest BCUT2D eigenvalue weighted by molar-refractivity contribution is 5.10. The molecule has 3 nitrogen and oxygen atoms in total. The summed E-state index contributed by atoms with van der Waals surface area (Å²) in [5.74, 6) is 2.70. The molecule has 1 saturated carbocycles. The van der Waals surface area contributed by atoms with Gasteiger partial charge in [0.2, 0.25) is 0 Å². The molecule has 1 aromatic heterocycles. The largest absolute Gasteiger partial charge is 0.319 e. The average molecular weight is 267 g/mol. The first-order chi connectivity index (χ1) is 9.24. The van der Waals surface area contributed by atoms with Crippen LogP contribution in [0.3, 0.4) is 0 Å². The van der Waals surface area contributed by atoms with Gasteiger partial charge in [-0.05, 0) is 37.1 Å². The van der Waals surface area contributed by atoms with Crippen molar-refractivity contribution in [1.29, 1.82) is 0 Å². The van der Waals surface area contributed by atoms with Gasteiger partial charge in [0.15, 0.2) is 0 Å². The minimum atomic E-state index is -2.49. The van der Waals surface area contributed by atoms with Crippen molar-refractivity contribution in [3.63, 3.8) is 0 Å². The summed E-state index contributed by atoms with van der Waals surface area (Å²) in [6, 6.07) is 0. The maximum Gasteiger partial charge on any atom is 0.319 e. The summed E-state index contributed by atoms with van der Waals surface area (Å²) in [4.78, 5) is 3.98.